The Morgan fingerprint density at radius 2 is 1.67 bits per heavy atom. The Morgan fingerprint density at radius 3 is 2.30 bits per heavy atom. The van der Waals surface area contributed by atoms with Crippen molar-refractivity contribution in [1.82, 2.24) is 4.57 Å². The molecule has 0 aliphatic carbocycles. The summed E-state index contributed by atoms with van der Waals surface area (Å²) >= 11 is 5.92. The van der Waals surface area contributed by atoms with Crippen molar-refractivity contribution in [1.29, 1.82) is 0 Å². The zero-order chi connectivity index (χ0) is 21.7. The monoisotopic (exact) mass is 427 g/mol. The molecule has 3 aromatic rings. The first kappa shape index (κ1) is 21.9. The summed E-state index contributed by atoms with van der Waals surface area (Å²) in [5.74, 6) is 1.01. The molecule has 0 unspecified atom stereocenters. The number of pyridine rings is 1. The van der Waals surface area contributed by atoms with E-state index in [-0.39, 0.29) is 12.2 Å². The summed E-state index contributed by atoms with van der Waals surface area (Å²) in [6, 6.07) is 16.6. The van der Waals surface area contributed by atoms with Gasteiger partial charge in [0.25, 0.3) is 5.56 Å². The predicted molar refractivity (Wildman–Crippen MR) is 119 cm³/mol. The Labute approximate surface area is 181 Å². The molecule has 0 amide bonds. The highest BCUT2D eigenvalue weighted by Crippen LogP contribution is 2.30. The van der Waals surface area contributed by atoms with Crippen molar-refractivity contribution in [2.45, 2.75) is 32.3 Å². The maximum absolute atomic E-state index is 12.7. The van der Waals surface area contributed by atoms with Gasteiger partial charge in [-0.2, -0.15) is 0 Å². The van der Waals surface area contributed by atoms with Gasteiger partial charge in [-0.05, 0) is 68.1 Å². The van der Waals surface area contributed by atoms with Crippen molar-refractivity contribution < 1.29 is 14.6 Å². The fraction of sp³-hybridized carbons (Fsp3) is 0.292. The van der Waals surface area contributed by atoms with E-state index in [1.165, 1.54) is 5.56 Å². The maximum Gasteiger partial charge on any atom is 0.255 e. The van der Waals surface area contributed by atoms with Gasteiger partial charge in [0, 0.05) is 23.4 Å². The summed E-state index contributed by atoms with van der Waals surface area (Å²) in [5, 5.41) is 10.6. The van der Waals surface area contributed by atoms with Gasteiger partial charge in [0.1, 0.15) is 6.61 Å². The Balaban J connectivity index is 1.75. The van der Waals surface area contributed by atoms with E-state index in [1.54, 1.807) is 56.0 Å². The van der Waals surface area contributed by atoms with Gasteiger partial charge in [-0.3, -0.25) is 9.36 Å². The standard InChI is InChI=1S/C24H26ClNO4/c1-24(2,28)16-30-21-11-10-20(15-22(21)29-3)26-13-12-18(14-23(26)27)5-4-17-6-8-19(25)9-7-17/h6-15,28H,4-5,16H2,1-3H3. The molecule has 0 radical (unpaired) electrons. The van der Waals surface area contributed by atoms with Crippen LogP contribution in [0.4, 0.5) is 0 Å². The highest BCUT2D eigenvalue weighted by Gasteiger charge is 2.16. The first-order valence-corrected chi connectivity index (χ1v) is 10.1. The van der Waals surface area contributed by atoms with Crippen LogP contribution in [0.15, 0.2) is 65.6 Å². The molecule has 0 bridgehead atoms. The number of aliphatic hydroxyl groups is 1. The van der Waals surface area contributed by atoms with Gasteiger partial charge >= 0.3 is 0 Å². The number of methoxy groups -OCH3 is 1. The zero-order valence-electron chi connectivity index (χ0n) is 17.4. The van der Waals surface area contributed by atoms with Gasteiger partial charge in [0.05, 0.1) is 18.4 Å². The first-order chi connectivity index (χ1) is 14.2. The van der Waals surface area contributed by atoms with Gasteiger partial charge in [0.2, 0.25) is 0 Å². The highest BCUT2D eigenvalue weighted by molar-refractivity contribution is 6.30. The third kappa shape index (κ3) is 5.88. The van der Waals surface area contributed by atoms with Gasteiger partial charge in [-0.1, -0.05) is 23.7 Å². The van der Waals surface area contributed by atoms with Gasteiger partial charge in [-0.25, -0.2) is 0 Å². The second-order valence-electron chi connectivity index (χ2n) is 7.81. The molecule has 0 fully saturated rings. The van der Waals surface area contributed by atoms with E-state index in [0.717, 1.165) is 18.4 Å². The first-order valence-electron chi connectivity index (χ1n) is 9.75. The van der Waals surface area contributed by atoms with Crippen LogP contribution in [0.25, 0.3) is 5.69 Å². The molecule has 0 aliphatic heterocycles. The SMILES string of the molecule is COc1cc(-n2ccc(CCc3ccc(Cl)cc3)cc2=O)ccc1OCC(C)(C)O. The molecule has 0 saturated heterocycles. The Bertz CT molecular complexity index is 1050. The Hall–Kier alpha value is -2.76. The lowest BCUT2D eigenvalue weighted by Crippen LogP contribution is -2.28. The molecule has 30 heavy (non-hydrogen) atoms. The summed E-state index contributed by atoms with van der Waals surface area (Å²) < 4.78 is 12.6. The maximum atomic E-state index is 12.7. The lowest BCUT2D eigenvalue weighted by molar-refractivity contribution is 0.0276. The van der Waals surface area contributed by atoms with E-state index in [2.05, 4.69) is 0 Å². The van der Waals surface area contributed by atoms with Gasteiger partial charge in [-0.15, -0.1) is 0 Å². The van der Waals surface area contributed by atoms with Crippen molar-refractivity contribution in [3.8, 4) is 17.2 Å². The molecule has 0 saturated carbocycles. The number of hydrogen-bond donors (Lipinski definition) is 1. The smallest absolute Gasteiger partial charge is 0.255 e. The third-order valence-electron chi connectivity index (χ3n) is 4.61. The number of aryl methyl sites for hydroxylation is 2. The minimum atomic E-state index is -0.956. The molecule has 1 heterocycles. The topological polar surface area (TPSA) is 60.7 Å². The normalized spacial score (nSPS) is 11.4. The quantitative estimate of drug-likeness (QED) is 0.577. The Morgan fingerprint density at radius 1 is 0.967 bits per heavy atom. The molecule has 0 aliphatic rings. The van der Waals surface area contributed by atoms with E-state index in [9.17, 15) is 9.90 Å². The van der Waals surface area contributed by atoms with Crippen molar-refractivity contribution in [3.63, 3.8) is 0 Å². The van der Waals surface area contributed by atoms with Crippen molar-refractivity contribution in [2.75, 3.05) is 13.7 Å². The summed E-state index contributed by atoms with van der Waals surface area (Å²) in [4.78, 5) is 12.7. The van der Waals surface area contributed by atoms with Crippen LogP contribution < -0.4 is 15.0 Å². The van der Waals surface area contributed by atoms with E-state index in [4.69, 9.17) is 21.1 Å². The fourth-order valence-corrected chi connectivity index (χ4v) is 3.13. The number of nitrogens with zero attached hydrogens (tertiary/aromatic N) is 1. The van der Waals surface area contributed by atoms with Crippen LogP contribution in [0.1, 0.15) is 25.0 Å². The number of hydrogen-bond acceptors (Lipinski definition) is 4. The average Bonchev–Trinajstić information content (AvgIpc) is 2.71. The lowest BCUT2D eigenvalue weighted by atomic mass is 10.1. The van der Waals surface area contributed by atoms with Gasteiger partial charge in [0.15, 0.2) is 11.5 Å². The van der Waals surface area contributed by atoms with E-state index >= 15 is 0 Å². The minimum absolute atomic E-state index is 0.115. The summed E-state index contributed by atoms with van der Waals surface area (Å²) in [6.07, 6.45) is 3.37. The number of ether oxygens (including phenoxy) is 2. The fourth-order valence-electron chi connectivity index (χ4n) is 3.01. The highest BCUT2D eigenvalue weighted by atomic mass is 35.5. The molecule has 3 rings (SSSR count). The number of halogens is 1. The van der Waals surface area contributed by atoms with E-state index in [1.807, 2.05) is 30.3 Å². The summed E-state index contributed by atoms with van der Waals surface area (Å²) in [5.41, 5.74) is 1.76. The van der Waals surface area contributed by atoms with Crippen LogP contribution in [0, 0.1) is 0 Å². The van der Waals surface area contributed by atoms with Crippen LogP contribution in [-0.2, 0) is 12.8 Å². The van der Waals surface area contributed by atoms with Gasteiger partial charge < -0.3 is 14.6 Å². The molecule has 0 spiro atoms. The van der Waals surface area contributed by atoms with Crippen LogP contribution in [0.2, 0.25) is 5.02 Å². The molecule has 2 aromatic carbocycles. The molecule has 0 atom stereocenters. The molecule has 5 nitrogen and oxygen atoms in total. The number of benzene rings is 2. The minimum Gasteiger partial charge on any atom is -0.493 e. The second kappa shape index (κ2) is 9.37. The lowest BCUT2D eigenvalue weighted by Gasteiger charge is -2.19. The predicted octanol–water partition coefficient (Wildman–Crippen LogP) is 4.43. The largest absolute Gasteiger partial charge is 0.493 e. The van der Waals surface area contributed by atoms with Crippen molar-refractivity contribution in [2.24, 2.45) is 0 Å². The van der Waals surface area contributed by atoms with Crippen LogP contribution >= 0.6 is 11.6 Å². The zero-order valence-corrected chi connectivity index (χ0v) is 18.1. The molecular weight excluding hydrogens is 402 g/mol. The molecule has 1 aromatic heterocycles. The average molecular weight is 428 g/mol. The Kier molecular flexibility index (Phi) is 6.85. The third-order valence-corrected chi connectivity index (χ3v) is 4.86. The molecule has 158 valence electrons. The molecule has 6 heteroatoms. The molecule has 1 N–H and O–H groups in total. The number of rotatable bonds is 8. The summed E-state index contributed by atoms with van der Waals surface area (Å²) in [6.45, 7) is 3.47. The van der Waals surface area contributed by atoms with Crippen LogP contribution in [-0.4, -0.2) is 29.0 Å². The van der Waals surface area contributed by atoms with E-state index < -0.39 is 5.60 Å². The summed E-state index contributed by atoms with van der Waals surface area (Å²) in [7, 11) is 1.54. The van der Waals surface area contributed by atoms with Crippen LogP contribution in [0.5, 0.6) is 11.5 Å². The van der Waals surface area contributed by atoms with Crippen LogP contribution in [0.3, 0.4) is 0 Å². The number of aromatic nitrogens is 1. The molecular formula is C24H26ClNO4. The van der Waals surface area contributed by atoms with Crippen molar-refractivity contribution >= 4 is 11.6 Å². The second-order valence-corrected chi connectivity index (χ2v) is 8.24. The van der Waals surface area contributed by atoms with E-state index in [0.29, 0.717) is 22.2 Å². The van der Waals surface area contributed by atoms with Crippen molar-refractivity contribution in [3.05, 3.63) is 87.3 Å².